The number of nitrogens with one attached hydrogen (secondary N) is 1. The first-order chi connectivity index (χ1) is 7.20. The molecule has 0 radical (unpaired) electrons. The maximum atomic E-state index is 3.43. The lowest BCUT2D eigenvalue weighted by Crippen LogP contribution is -2.22. The van der Waals surface area contributed by atoms with Crippen molar-refractivity contribution in [1.29, 1.82) is 0 Å². The van der Waals surface area contributed by atoms with Gasteiger partial charge in [-0.2, -0.15) is 0 Å². The van der Waals surface area contributed by atoms with Gasteiger partial charge in [-0.25, -0.2) is 0 Å². The van der Waals surface area contributed by atoms with Crippen LogP contribution in [0.25, 0.3) is 0 Å². The maximum absolute atomic E-state index is 3.43. The van der Waals surface area contributed by atoms with Crippen molar-refractivity contribution in [3.8, 4) is 0 Å². The highest BCUT2D eigenvalue weighted by atomic mass is 32.1. The Labute approximate surface area is 97.9 Å². The highest BCUT2D eigenvalue weighted by Gasteiger charge is 2.18. The van der Waals surface area contributed by atoms with Gasteiger partial charge in [0.25, 0.3) is 0 Å². The van der Waals surface area contributed by atoms with Gasteiger partial charge in [0.15, 0.2) is 0 Å². The molecule has 0 amide bonds. The van der Waals surface area contributed by atoms with Gasteiger partial charge in [0.2, 0.25) is 0 Å². The quantitative estimate of drug-likeness (QED) is 0.765. The fraction of sp³-hybridized carbons (Fsp3) is 0.692. The van der Waals surface area contributed by atoms with E-state index in [1.54, 1.807) is 20.9 Å². The molecule has 0 unspecified atom stereocenters. The van der Waals surface area contributed by atoms with Crippen molar-refractivity contribution in [2.24, 2.45) is 0 Å². The van der Waals surface area contributed by atoms with Crippen molar-refractivity contribution in [3.05, 3.63) is 20.9 Å². The maximum Gasteiger partial charge on any atom is 0.0302 e. The Hall–Kier alpha value is -0.340. The summed E-state index contributed by atoms with van der Waals surface area (Å²) in [4.78, 5) is 3.17. The van der Waals surface area contributed by atoms with Crippen LogP contribution in [0.2, 0.25) is 0 Å². The van der Waals surface area contributed by atoms with Crippen LogP contribution in [-0.4, -0.2) is 6.54 Å². The lowest BCUT2D eigenvalue weighted by atomic mass is 10.0. The molecule has 1 N–H and O–H groups in total. The highest BCUT2D eigenvalue weighted by Crippen LogP contribution is 2.34. The van der Waals surface area contributed by atoms with E-state index in [4.69, 9.17) is 0 Å². The predicted molar refractivity (Wildman–Crippen MR) is 69.9 cm³/mol. The lowest BCUT2D eigenvalue weighted by Gasteiger charge is -2.12. The van der Waals surface area contributed by atoms with Crippen molar-refractivity contribution >= 4 is 11.3 Å². The summed E-state index contributed by atoms with van der Waals surface area (Å²) in [5, 5.41) is 3.43. The van der Waals surface area contributed by atoms with Gasteiger partial charge in [-0.15, -0.1) is 11.3 Å². The third kappa shape index (κ3) is 2.61. The molecule has 0 aliphatic carbocycles. The molecule has 86 valence electrons. The Morgan fingerprint density at radius 3 is 2.47 bits per heavy atom. The molecule has 1 aliphatic heterocycles. The average Bonchev–Trinajstić information content (AvgIpc) is 2.60. The number of fused-ring (bicyclic) bond motifs is 1. The van der Waals surface area contributed by atoms with E-state index in [9.17, 15) is 0 Å². The number of hydrogen-bond acceptors (Lipinski definition) is 2. The van der Waals surface area contributed by atoms with Gasteiger partial charge in [-0.1, -0.05) is 27.7 Å². The standard InChI is InChI=1S/C11H17NS.C2H6/c1-7(2)11-8(3)9-4-5-12-6-10(9)13-11;1-2/h7,12H,4-6H2,1-3H3;1-2H3. The second-order valence-electron chi connectivity index (χ2n) is 4.07. The molecule has 0 spiro atoms. The monoisotopic (exact) mass is 225 g/mol. The van der Waals surface area contributed by atoms with Crippen LogP contribution in [0.5, 0.6) is 0 Å². The van der Waals surface area contributed by atoms with Crippen LogP contribution >= 0.6 is 11.3 Å². The third-order valence-corrected chi connectivity index (χ3v) is 4.39. The molecule has 0 bridgehead atoms. The summed E-state index contributed by atoms with van der Waals surface area (Å²) < 4.78 is 0. The highest BCUT2D eigenvalue weighted by molar-refractivity contribution is 7.12. The minimum absolute atomic E-state index is 0.690. The molecule has 2 rings (SSSR count). The van der Waals surface area contributed by atoms with Gasteiger partial charge in [0, 0.05) is 16.3 Å². The van der Waals surface area contributed by atoms with Gasteiger partial charge in [-0.05, 0) is 36.9 Å². The van der Waals surface area contributed by atoms with Crippen LogP contribution in [0.3, 0.4) is 0 Å². The molecular formula is C13H23NS. The number of hydrogen-bond donors (Lipinski definition) is 1. The topological polar surface area (TPSA) is 12.0 Å². The van der Waals surface area contributed by atoms with E-state index >= 15 is 0 Å². The molecule has 0 fully saturated rings. The van der Waals surface area contributed by atoms with E-state index in [-0.39, 0.29) is 0 Å². The Kier molecular flexibility index (Phi) is 4.81. The van der Waals surface area contributed by atoms with Crippen LogP contribution in [0, 0.1) is 6.92 Å². The Morgan fingerprint density at radius 2 is 1.93 bits per heavy atom. The fourth-order valence-corrected chi connectivity index (χ4v) is 3.39. The third-order valence-electron chi connectivity index (χ3n) is 2.75. The summed E-state index contributed by atoms with van der Waals surface area (Å²) in [6.07, 6.45) is 1.23. The summed E-state index contributed by atoms with van der Waals surface area (Å²) >= 11 is 2.01. The largest absolute Gasteiger partial charge is 0.312 e. The zero-order valence-corrected chi connectivity index (χ0v) is 11.4. The lowest BCUT2D eigenvalue weighted by molar-refractivity contribution is 0.652. The van der Waals surface area contributed by atoms with E-state index in [0.29, 0.717) is 5.92 Å². The normalized spacial score (nSPS) is 14.5. The first-order valence-corrected chi connectivity index (χ1v) is 6.83. The first-order valence-electron chi connectivity index (χ1n) is 6.02. The molecule has 1 aliphatic rings. The van der Waals surface area contributed by atoms with Crippen molar-refractivity contribution < 1.29 is 0 Å². The van der Waals surface area contributed by atoms with E-state index in [1.807, 2.05) is 25.2 Å². The second-order valence-corrected chi connectivity index (χ2v) is 5.21. The van der Waals surface area contributed by atoms with Gasteiger partial charge in [0.05, 0.1) is 0 Å². The van der Waals surface area contributed by atoms with Crippen LogP contribution in [-0.2, 0) is 13.0 Å². The van der Waals surface area contributed by atoms with Crippen LogP contribution in [0.1, 0.15) is 54.5 Å². The Balaban J connectivity index is 0.000000531. The summed E-state index contributed by atoms with van der Waals surface area (Å²) in [6, 6.07) is 0. The van der Waals surface area contributed by atoms with Crippen LogP contribution in [0.4, 0.5) is 0 Å². The summed E-state index contributed by atoms with van der Waals surface area (Å²) in [7, 11) is 0. The molecular weight excluding hydrogens is 202 g/mol. The van der Waals surface area contributed by atoms with E-state index in [0.717, 1.165) is 13.1 Å². The van der Waals surface area contributed by atoms with Crippen molar-refractivity contribution in [3.63, 3.8) is 0 Å². The van der Waals surface area contributed by atoms with E-state index in [1.165, 1.54) is 6.42 Å². The molecule has 0 atom stereocenters. The molecule has 0 saturated heterocycles. The zero-order valence-electron chi connectivity index (χ0n) is 10.6. The summed E-state index contributed by atoms with van der Waals surface area (Å²) in [6.45, 7) is 13.1. The minimum Gasteiger partial charge on any atom is -0.312 e. The smallest absolute Gasteiger partial charge is 0.0302 e. The Morgan fingerprint density at radius 1 is 1.27 bits per heavy atom. The fourth-order valence-electron chi connectivity index (χ4n) is 2.06. The zero-order chi connectivity index (χ0) is 11.4. The minimum atomic E-state index is 0.690. The van der Waals surface area contributed by atoms with Gasteiger partial charge in [-0.3, -0.25) is 0 Å². The van der Waals surface area contributed by atoms with Crippen LogP contribution in [0.15, 0.2) is 0 Å². The van der Waals surface area contributed by atoms with Gasteiger partial charge >= 0.3 is 0 Å². The molecule has 1 aromatic heterocycles. The van der Waals surface area contributed by atoms with Crippen molar-refractivity contribution in [2.45, 2.75) is 53.5 Å². The number of rotatable bonds is 1. The molecule has 0 aromatic carbocycles. The molecule has 1 nitrogen and oxygen atoms in total. The van der Waals surface area contributed by atoms with E-state index in [2.05, 4.69) is 26.1 Å². The molecule has 2 heterocycles. The van der Waals surface area contributed by atoms with Gasteiger partial charge in [0.1, 0.15) is 0 Å². The van der Waals surface area contributed by atoms with Gasteiger partial charge < -0.3 is 5.32 Å². The first kappa shape index (κ1) is 12.7. The second kappa shape index (κ2) is 5.66. The van der Waals surface area contributed by atoms with Crippen molar-refractivity contribution in [2.75, 3.05) is 6.54 Å². The Bertz CT molecular complexity index is 313. The van der Waals surface area contributed by atoms with Crippen molar-refractivity contribution in [1.82, 2.24) is 5.32 Å². The SMILES string of the molecule is CC.Cc1c(C(C)C)sc2c1CCNC2. The van der Waals surface area contributed by atoms with E-state index < -0.39 is 0 Å². The predicted octanol–water partition coefficient (Wildman–Crippen LogP) is 3.85. The molecule has 0 saturated carbocycles. The molecule has 2 heteroatoms. The summed E-state index contributed by atoms with van der Waals surface area (Å²) in [5.41, 5.74) is 3.20. The number of thiophene rings is 1. The summed E-state index contributed by atoms with van der Waals surface area (Å²) in [5.74, 6) is 0.690. The average molecular weight is 225 g/mol. The van der Waals surface area contributed by atoms with Crippen LogP contribution < -0.4 is 5.32 Å². The molecule has 1 aromatic rings. The molecule has 15 heavy (non-hydrogen) atoms.